The van der Waals surface area contributed by atoms with E-state index in [9.17, 15) is 4.79 Å². The van der Waals surface area contributed by atoms with Crippen molar-refractivity contribution in [1.82, 2.24) is 14.7 Å². The van der Waals surface area contributed by atoms with Crippen LogP contribution >= 0.6 is 0 Å². The number of nitrogens with zero attached hydrogens (tertiary/aromatic N) is 2. The summed E-state index contributed by atoms with van der Waals surface area (Å²) in [5.41, 5.74) is 3.60. The van der Waals surface area contributed by atoms with Crippen molar-refractivity contribution in [2.45, 2.75) is 51.9 Å². The number of hydrogen-bond donors (Lipinski definition) is 1. The third kappa shape index (κ3) is 1.76. The highest BCUT2D eigenvalue weighted by molar-refractivity contribution is 5.93. The summed E-state index contributed by atoms with van der Waals surface area (Å²) in [4.78, 5) is 17.6. The van der Waals surface area contributed by atoms with Crippen molar-refractivity contribution >= 4 is 11.6 Å². The minimum atomic E-state index is 0.0564. The molecule has 136 valence electrons. The predicted molar refractivity (Wildman–Crippen MR) is 99.9 cm³/mol. The van der Waals surface area contributed by atoms with Gasteiger partial charge in [0.15, 0.2) is 0 Å². The van der Waals surface area contributed by atoms with Crippen molar-refractivity contribution in [3.05, 3.63) is 35.8 Å². The maximum atomic E-state index is 13.0. The minimum absolute atomic E-state index is 0.0564. The average molecular weight is 349 g/mol. The molecular formula is C22H27N3O. The van der Waals surface area contributed by atoms with Crippen molar-refractivity contribution < 1.29 is 4.79 Å². The number of hydrogen-bond acceptors (Lipinski definition) is 2. The monoisotopic (exact) mass is 349 g/mol. The molecule has 4 fully saturated rings. The molecule has 1 spiro atoms. The van der Waals surface area contributed by atoms with Gasteiger partial charge in [0.1, 0.15) is 11.3 Å². The number of aryl methyl sites for hydroxylation is 1. The molecule has 5 atom stereocenters. The summed E-state index contributed by atoms with van der Waals surface area (Å²) in [6, 6.07) is 5.83. The zero-order valence-corrected chi connectivity index (χ0v) is 15.5. The van der Waals surface area contributed by atoms with Gasteiger partial charge in [-0.3, -0.25) is 9.20 Å². The number of rotatable bonds is 4. The van der Waals surface area contributed by atoms with E-state index in [4.69, 9.17) is 0 Å². The van der Waals surface area contributed by atoms with Crippen LogP contribution in [0.5, 0.6) is 0 Å². The quantitative estimate of drug-likeness (QED) is 0.911. The molecular weight excluding hydrogens is 322 g/mol. The van der Waals surface area contributed by atoms with E-state index in [2.05, 4.69) is 17.2 Å². The molecule has 26 heavy (non-hydrogen) atoms. The lowest BCUT2D eigenvalue weighted by Gasteiger charge is -2.59. The Kier molecular flexibility index (Phi) is 2.87. The number of fused-ring (bicyclic) bond motifs is 3. The van der Waals surface area contributed by atoms with Gasteiger partial charge in [-0.15, -0.1) is 0 Å². The second-order valence-electron chi connectivity index (χ2n) is 9.56. The lowest BCUT2D eigenvalue weighted by atomic mass is 9.46. The standard InChI is InChI=1S/C22H27N3O/c1-2-17-12-25-18(4-3-5-19(25)24-17)20(26)23-13-21-8-15-6-14-7-16(11-21)22(21,9-14)10-15/h3-5,12,14-16H,2,6-11,13H2,1H3,(H,23,26). The fourth-order valence-corrected chi connectivity index (χ4v) is 7.65. The summed E-state index contributed by atoms with van der Waals surface area (Å²) in [5.74, 6) is 2.94. The van der Waals surface area contributed by atoms with E-state index in [1.165, 1.54) is 38.5 Å². The average Bonchev–Trinajstić information content (AvgIpc) is 3.20. The molecule has 3 bridgehead atoms. The Morgan fingerprint density at radius 2 is 2.12 bits per heavy atom. The maximum absolute atomic E-state index is 13.0. The van der Waals surface area contributed by atoms with E-state index in [0.29, 0.717) is 16.5 Å². The van der Waals surface area contributed by atoms with Gasteiger partial charge >= 0.3 is 0 Å². The fraction of sp³-hybridized carbons (Fsp3) is 0.636. The van der Waals surface area contributed by atoms with Crippen LogP contribution in [0.1, 0.15) is 61.6 Å². The summed E-state index contributed by atoms with van der Waals surface area (Å²) in [7, 11) is 0. The molecule has 0 saturated heterocycles. The summed E-state index contributed by atoms with van der Waals surface area (Å²) >= 11 is 0. The Hall–Kier alpha value is -1.84. The summed E-state index contributed by atoms with van der Waals surface area (Å²) in [5, 5.41) is 3.34. The topological polar surface area (TPSA) is 46.4 Å². The smallest absolute Gasteiger partial charge is 0.268 e. The number of amides is 1. The lowest BCUT2D eigenvalue weighted by Crippen LogP contribution is -2.57. The molecule has 1 amide bonds. The molecule has 1 N–H and O–H groups in total. The van der Waals surface area contributed by atoms with Crippen molar-refractivity contribution in [1.29, 1.82) is 0 Å². The summed E-state index contributed by atoms with van der Waals surface area (Å²) in [6.07, 6.45) is 11.4. The molecule has 2 heterocycles. The Balaban J connectivity index is 1.26. The van der Waals surface area contributed by atoms with Crippen molar-refractivity contribution in [3.63, 3.8) is 0 Å². The van der Waals surface area contributed by atoms with E-state index < -0.39 is 0 Å². The highest BCUT2D eigenvalue weighted by Crippen LogP contribution is 2.80. The SMILES string of the molecule is CCc1cn2c(C(=O)NCC34CC5CC6CC(C3)C4(C6)C5)cccc2n1. The molecule has 0 aromatic carbocycles. The third-order valence-electron chi connectivity index (χ3n) is 8.47. The molecule has 4 nitrogen and oxygen atoms in total. The predicted octanol–water partition coefficient (Wildman–Crippen LogP) is 3.84. The van der Waals surface area contributed by atoms with Gasteiger partial charge in [0.2, 0.25) is 0 Å². The zero-order valence-electron chi connectivity index (χ0n) is 15.5. The van der Waals surface area contributed by atoms with Crippen LogP contribution in [-0.4, -0.2) is 21.8 Å². The first-order valence-corrected chi connectivity index (χ1v) is 10.4. The zero-order chi connectivity index (χ0) is 17.5. The highest BCUT2D eigenvalue weighted by atomic mass is 16.1. The molecule has 2 aromatic heterocycles. The molecule has 4 heteroatoms. The maximum Gasteiger partial charge on any atom is 0.268 e. The second-order valence-corrected chi connectivity index (χ2v) is 9.56. The first-order valence-electron chi connectivity index (χ1n) is 10.4. The van der Waals surface area contributed by atoms with Crippen LogP contribution in [0.3, 0.4) is 0 Å². The Morgan fingerprint density at radius 1 is 1.23 bits per heavy atom. The van der Waals surface area contributed by atoms with Crippen LogP contribution in [0.15, 0.2) is 24.4 Å². The largest absolute Gasteiger partial charge is 0.350 e. The number of carbonyl (C=O) groups excluding carboxylic acids is 1. The van der Waals surface area contributed by atoms with Gasteiger partial charge in [-0.2, -0.15) is 0 Å². The molecule has 0 aliphatic heterocycles. The van der Waals surface area contributed by atoms with Crippen LogP contribution in [-0.2, 0) is 6.42 Å². The molecule has 4 saturated carbocycles. The number of imidazole rings is 1. The summed E-state index contributed by atoms with van der Waals surface area (Å²) < 4.78 is 1.95. The van der Waals surface area contributed by atoms with E-state index in [0.717, 1.165) is 42.1 Å². The van der Waals surface area contributed by atoms with Gasteiger partial charge in [-0.1, -0.05) is 13.0 Å². The number of nitrogens with one attached hydrogen (secondary N) is 1. The van der Waals surface area contributed by atoms with Crippen LogP contribution in [0.2, 0.25) is 0 Å². The molecule has 2 aromatic rings. The fourth-order valence-electron chi connectivity index (χ4n) is 7.65. The molecule has 4 aliphatic carbocycles. The first-order chi connectivity index (χ1) is 12.6. The van der Waals surface area contributed by atoms with Gasteiger partial charge in [0.25, 0.3) is 5.91 Å². The van der Waals surface area contributed by atoms with Crippen molar-refractivity contribution in [2.24, 2.45) is 28.6 Å². The van der Waals surface area contributed by atoms with Gasteiger partial charge in [0, 0.05) is 12.7 Å². The van der Waals surface area contributed by atoms with Crippen LogP contribution in [0.4, 0.5) is 0 Å². The minimum Gasteiger partial charge on any atom is -0.350 e. The number of pyridine rings is 1. The van der Waals surface area contributed by atoms with Gasteiger partial charge < -0.3 is 5.32 Å². The van der Waals surface area contributed by atoms with Crippen LogP contribution in [0, 0.1) is 28.6 Å². The Labute approximate surface area is 154 Å². The lowest BCUT2D eigenvalue weighted by molar-refractivity contribution is -0.0960. The first kappa shape index (κ1) is 15.2. The molecule has 0 radical (unpaired) electrons. The molecule has 5 unspecified atom stereocenters. The summed E-state index contributed by atoms with van der Waals surface area (Å²) in [6.45, 7) is 2.97. The number of aromatic nitrogens is 2. The number of carbonyl (C=O) groups is 1. The van der Waals surface area contributed by atoms with Crippen LogP contribution < -0.4 is 5.32 Å². The third-order valence-corrected chi connectivity index (χ3v) is 8.47. The van der Waals surface area contributed by atoms with E-state index in [-0.39, 0.29) is 5.91 Å². The van der Waals surface area contributed by atoms with E-state index in [1.54, 1.807) is 0 Å². The molecule has 4 aliphatic rings. The van der Waals surface area contributed by atoms with Gasteiger partial charge in [-0.25, -0.2) is 4.98 Å². The van der Waals surface area contributed by atoms with Gasteiger partial charge in [-0.05, 0) is 85.7 Å². The van der Waals surface area contributed by atoms with Crippen molar-refractivity contribution in [3.8, 4) is 0 Å². The normalized spacial score (nSPS) is 39.2. The van der Waals surface area contributed by atoms with Crippen LogP contribution in [0.25, 0.3) is 5.65 Å². The van der Waals surface area contributed by atoms with E-state index in [1.807, 2.05) is 28.8 Å². The molecule has 6 rings (SSSR count). The Morgan fingerprint density at radius 3 is 3.00 bits per heavy atom. The highest BCUT2D eigenvalue weighted by Gasteiger charge is 2.73. The van der Waals surface area contributed by atoms with Crippen molar-refractivity contribution in [2.75, 3.05) is 6.54 Å². The second kappa shape index (κ2) is 4.90. The van der Waals surface area contributed by atoms with Gasteiger partial charge in [0.05, 0.1) is 5.69 Å². The van der Waals surface area contributed by atoms with E-state index >= 15 is 0 Å². The Bertz CT molecular complexity index is 911.